The third-order valence-electron chi connectivity index (χ3n) is 1.62. The minimum Gasteiger partial charge on any atom is -0.456 e. The van der Waals surface area contributed by atoms with Gasteiger partial charge in [-0.15, -0.1) is 0 Å². The topological polar surface area (TPSA) is 18.5 Å². The predicted octanol–water partition coefficient (Wildman–Crippen LogP) is 2.38. The van der Waals surface area contributed by atoms with E-state index in [4.69, 9.17) is 9.47 Å². The van der Waals surface area contributed by atoms with E-state index < -0.39 is 0 Å². The maximum atomic E-state index is 5.21. The maximum Gasteiger partial charge on any atom is 0.208 e. The molecule has 0 atom stereocenters. The van der Waals surface area contributed by atoms with Crippen LogP contribution < -0.4 is 9.47 Å². The fourth-order valence-corrected chi connectivity index (χ4v) is 1.07. The number of benzene rings is 1. The summed E-state index contributed by atoms with van der Waals surface area (Å²) in [4.78, 5) is 0. The Labute approximate surface area is 70.7 Å². The third-order valence-corrected chi connectivity index (χ3v) is 1.62. The molecule has 0 fully saturated rings. The molecule has 1 aromatic rings. The Balaban J connectivity index is 2.55. The first-order chi connectivity index (χ1) is 5.92. The molecule has 0 spiro atoms. The monoisotopic (exact) mass is 159 g/mol. The van der Waals surface area contributed by atoms with Gasteiger partial charge in [0.25, 0.3) is 0 Å². The molecule has 0 saturated heterocycles. The van der Waals surface area contributed by atoms with Crippen LogP contribution in [-0.2, 0) is 0 Å². The van der Waals surface area contributed by atoms with Crippen molar-refractivity contribution in [3.63, 3.8) is 0 Å². The summed E-state index contributed by atoms with van der Waals surface area (Å²) in [5.41, 5.74) is 0.922. The van der Waals surface area contributed by atoms with Crippen LogP contribution in [0.25, 0.3) is 6.08 Å². The Morgan fingerprint density at radius 2 is 2.33 bits per heavy atom. The van der Waals surface area contributed by atoms with E-state index in [2.05, 4.69) is 12.8 Å². The normalized spacial score (nSPS) is 12.7. The molecule has 0 bridgehead atoms. The van der Waals surface area contributed by atoms with Gasteiger partial charge in [-0.3, -0.25) is 0 Å². The summed E-state index contributed by atoms with van der Waals surface area (Å²) >= 11 is 0. The number of para-hydroxylation sites is 1. The summed E-state index contributed by atoms with van der Waals surface area (Å²) in [6.07, 6.45) is 5.62. The smallest absolute Gasteiger partial charge is 0.208 e. The van der Waals surface area contributed by atoms with Gasteiger partial charge in [-0.25, -0.2) is 0 Å². The molecule has 1 radical (unpaired) electrons. The highest BCUT2D eigenvalue weighted by Crippen LogP contribution is 2.33. The molecule has 1 aromatic carbocycles. The Kier molecular flexibility index (Phi) is 1.59. The van der Waals surface area contributed by atoms with Gasteiger partial charge in [0.1, 0.15) is 6.26 Å². The van der Waals surface area contributed by atoms with Crippen molar-refractivity contribution in [2.45, 2.75) is 0 Å². The van der Waals surface area contributed by atoms with Gasteiger partial charge in [0.05, 0.1) is 0 Å². The quantitative estimate of drug-likeness (QED) is 0.626. The largest absolute Gasteiger partial charge is 0.456 e. The van der Waals surface area contributed by atoms with Crippen molar-refractivity contribution in [2.24, 2.45) is 0 Å². The number of ether oxygens (including phenoxy) is 2. The molecule has 2 heteroatoms. The Bertz CT molecular complexity index is 340. The fraction of sp³-hybridized carbons (Fsp3) is 0. The zero-order valence-electron chi connectivity index (χ0n) is 6.41. The maximum absolute atomic E-state index is 5.21. The van der Waals surface area contributed by atoms with E-state index in [1.165, 1.54) is 6.26 Å². The summed E-state index contributed by atoms with van der Waals surface area (Å²) in [5.74, 6) is 1.38. The van der Waals surface area contributed by atoms with Crippen molar-refractivity contribution < 1.29 is 9.47 Å². The van der Waals surface area contributed by atoms with Crippen LogP contribution in [0.3, 0.4) is 0 Å². The lowest BCUT2D eigenvalue weighted by molar-refractivity contribution is 0.342. The second-order valence-corrected chi connectivity index (χ2v) is 2.33. The van der Waals surface area contributed by atoms with Crippen LogP contribution in [0.5, 0.6) is 11.5 Å². The SMILES string of the molecule is C=Cc1cccc2c1OC=[C]O2. The highest BCUT2D eigenvalue weighted by molar-refractivity contribution is 5.61. The van der Waals surface area contributed by atoms with Crippen molar-refractivity contribution >= 4 is 6.08 Å². The minimum absolute atomic E-state index is 0.676. The molecule has 1 heterocycles. The van der Waals surface area contributed by atoms with Crippen LogP contribution in [0.1, 0.15) is 5.56 Å². The van der Waals surface area contributed by atoms with E-state index >= 15 is 0 Å². The van der Waals surface area contributed by atoms with Crippen molar-refractivity contribution in [1.29, 1.82) is 0 Å². The zero-order chi connectivity index (χ0) is 8.39. The summed E-state index contributed by atoms with van der Waals surface area (Å²) in [5, 5.41) is 0. The number of hydrogen-bond acceptors (Lipinski definition) is 2. The molecule has 2 rings (SSSR count). The highest BCUT2D eigenvalue weighted by Gasteiger charge is 2.10. The first-order valence-corrected chi connectivity index (χ1v) is 3.58. The lowest BCUT2D eigenvalue weighted by Crippen LogP contribution is -1.97. The van der Waals surface area contributed by atoms with Gasteiger partial charge in [-0.1, -0.05) is 24.8 Å². The molecular formula is C10H7O2. The molecule has 12 heavy (non-hydrogen) atoms. The van der Waals surface area contributed by atoms with Gasteiger partial charge < -0.3 is 9.47 Å². The van der Waals surface area contributed by atoms with Crippen LogP contribution in [0.15, 0.2) is 31.0 Å². The summed E-state index contributed by atoms with van der Waals surface area (Å²) < 4.78 is 10.3. The molecule has 2 nitrogen and oxygen atoms in total. The summed E-state index contributed by atoms with van der Waals surface area (Å²) in [6.45, 7) is 3.67. The van der Waals surface area contributed by atoms with Crippen molar-refractivity contribution in [3.05, 3.63) is 42.9 Å². The van der Waals surface area contributed by atoms with Crippen LogP contribution in [-0.4, -0.2) is 0 Å². The molecule has 1 aliphatic heterocycles. The molecule has 0 N–H and O–H groups in total. The van der Waals surface area contributed by atoms with Gasteiger partial charge in [0.15, 0.2) is 11.5 Å². The predicted molar refractivity (Wildman–Crippen MR) is 45.6 cm³/mol. The Morgan fingerprint density at radius 3 is 3.17 bits per heavy atom. The van der Waals surface area contributed by atoms with Gasteiger partial charge in [-0.05, 0) is 6.07 Å². The highest BCUT2D eigenvalue weighted by atomic mass is 16.5. The first kappa shape index (κ1) is 6.98. The molecule has 59 valence electrons. The zero-order valence-corrected chi connectivity index (χ0v) is 6.41. The van der Waals surface area contributed by atoms with Crippen LogP contribution in [0.2, 0.25) is 0 Å². The van der Waals surface area contributed by atoms with Crippen molar-refractivity contribution in [2.75, 3.05) is 0 Å². The van der Waals surface area contributed by atoms with Gasteiger partial charge in [0, 0.05) is 5.56 Å². The molecule has 0 aliphatic carbocycles. The first-order valence-electron chi connectivity index (χ1n) is 3.58. The Morgan fingerprint density at radius 1 is 1.42 bits per heavy atom. The van der Waals surface area contributed by atoms with E-state index in [-0.39, 0.29) is 0 Å². The van der Waals surface area contributed by atoms with Gasteiger partial charge in [-0.2, -0.15) is 0 Å². The van der Waals surface area contributed by atoms with Crippen LogP contribution >= 0.6 is 0 Å². The lowest BCUT2D eigenvalue weighted by atomic mass is 10.2. The van der Waals surface area contributed by atoms with Crippen molar-refractivity contribution in [1.82, 2.24) is 0 Å². The molecule has 0 amide bonds. The number of rotatable bonds is 1. The van der Waals surface area contributed by atoms with Gasteiger partial charge >= 0.3 is 0 Å². The number of fused-ring (bicyclic) bond motifs is 1. The van der Waals surface area contributed by atoms with E-state index in [0.29, 0.717) is 11.5 Å². The average molecular weight is 159 g/mol. The second-order valence-electron chi connectivity index (χ2n) is 2.33. The summed E-state index contributed by atoms with van der Waals surface area (Å²) in [7, 11) is 0. The molecule has 0 unspecified atom stereocenters. The van der Waals surface area contributed by atoms with Crippen LogP contribution in [0.4, 0.5) is 0 Å². The summed E-state index contributed by atoms with van der Waals surface area (Å²) in [6, 6.07) is 5.61. The van der Waals surface area contributed by atoms with Crippen LogP contribution in [0, 0.1) is 6.26 Å². The average Bonchev–Trinajstić information content (AvgIpc) is 2.17. The number of hydrogen-bond donors (Lipinski definition) is 0. The minimum atomic E-state index is 0.676. The third kappa shape index (κ3) is 0.975. The van der Waals surface area contributed by atoms with E-state index in [0.717, 1.165) is 5.56 Å². The molecule has 1 aliphatic rings. The lowest BCUT2D eigenvalue weighted by Gasteiger charge is -2.12. The van der Waals surface area contributed by atoms with E-state index in [9.17, 15) is 0 Å². The molecular weight excluding hydrogens is 152 g/mol. The van der Waals surface area contributed by atoms with E-state index in [1.54, 1.807) is 6.08 Å². The second kappa shape index (κ2) is 2.74. The molecule has 0 saturated carbocycles. The molecule has 0 aromatic heterocycles. The Hall–Kier alpha value is -1.70. The fourth-order valence-electron chi connectivity index (χ4n) is 1.07. The van der Waals surface area contributed by atoms with E-state index in [1.807, 2.05) is 18.2 Å². The van der Waals surface area contributed by atoms with Crippen molar-refractivity contribution in [3.8, 4) is 11.5 Å². The van der Waals surface area contributed by atoms with Gasteiger partial charge in [0.2, 0.25) is 6.26 Å². The standard InChI is InChI=1S/C10H7O2/c1-2-8-4-3-5-9-10(8)12-7-6-11-9/h2-5,7H,1H2.